The molecule has 0 unspecified atom stereocenters. The zero-order valence-corrected chi connectivity index (χ0v) is 24.5. The molecule has 2 amide bonds. The van der Waals surface area contributed by atoms with Crippen LogP contribution in [0, 0.1) is 5.82 Å². The molecule has 0 fully saturated rings. The highest BCUT2D eigenvalue weighted by atomic mass is 32.2. The van der Waals surface area contributed by atoms with Gasteiger partial charge in [0, 0.05) is 25.1 Å². The van der Waals surface area contributed by atoms with Gasteiger partial charge in [0.2, 0.25) is 21.8 Å². The fraction of sp³-hybridized carbons (Fsp3) is 0.355. The van der Waals surface area contributed by atoms with Crippen molar-refractivity contribution in [2.45, 2.75) is 52.1 Å². The maximum Gasteiger partial charge on any atom is 0.244 e. The Hall–Kier alpha value is -3.72. The third-order valence-corrected chi connectivity index (χ3v) is 7.76. The van der Waals surface area contributed by atoms with E-state index in [-0.39, 0.29) is 23.9 Å². The first-order valence-electron chi connectivity index (χ1n) is 13.2. The van der Waals surface area contributed by atoms with Crippen LogP contribution in [0.5, 0.6) is 0 Å². The number of anilines is 1. The van der Waals surface area contributed by atoms with Crippen molar-refractivity contribution >= 4 is 27.5 Å². The summed E-state index contributed by atoms with van der Waals surface area (Å²) in [5.74, 6) is -1.55. The second-order valence-corrected chi connectivity index (χ2v) is 12.7. The van der Waals surface area contributed by atoms with Crippen molar-refractivity contribution in [3.05, 3.63) is 101 Å². The quantitative estimate of drug-likeness (QED) is 0.365. The van der Waals surface area contributed by atoms with Crippen LogP contribution >= 0.6 is 0 Å². The predicted octanol–water partition coefficient (Wildman–Crippen LogP) is 4.67. The van der Waals surface area contributed by atoms with Gasteiger partial charge in [0.1, 0.15) is 18.4 Å². The second-order valence-electron chi connectivity index (χ2n) is 10.8. The maximum atomic E-state index is 14.8. The van der Waals surface area contributed by atoms with E-state index in [1.165, 1.54) is 11.0 Å². The lowest BCUT2D eigenvalue weighted by Crippen LogP contribution is -2.53. The molecular weight excluding hydrogens is 529 g/mol. The first-order chi connectivity index (χ1) is 18.8. The molecule has 3 rings (SSSR count). The lowest BCUT2D eigenvalue weighted by molar-refractivity contribution is -0.140. The number of hydrogen-bond donors (Lipinski definition) is 1. The van der Waals surface area contributed by atoms with Gasteiger partial charge in [0.05, 0.1) is 11.9 Å². The van der Waals surface area contributed by atoms with E-state index in [4.69, 9.17) is 0 Å². The lowest BCUT2D eigenvalue weighted by atomic mass is 9.87. The second kappa shape index (κ2) is 13.1. The third kappa shape index (κ3) is 8.14. The van der Waals surface area contributed by atoms with Crippen LogP contribution in [0.25, 0.3) is 0 Å². The van der Waals surface area contributed by atoms with Crippen LogP contribution in [0.15, 0.2) is 78.9 Å². The highest BCUT2D eigenvalue weighted by Gasteiger charge is 2.33. The summed E-state index contributed by atoms with van der Waals surface area (Å²) in [6.07, 6.45) is 1.20. The van der Waals surface area contributed by atoms with Crippen LogP contribution in [0.3, 0.4) is 0 Å². The minimum absolute atomic E-state index is 0.141. The summed E-state index contributed by atoms with van der Waals surface area (Å²) in [6, 6.07) is 21.2. The van der Waals surface area contributed by atoms with Crippen LogP contribution in [0.2, 0.25) is 0 Å². The van der Waals surface area contributed by atoms with E-state index in [1.54, 1.807) is 37.3 Å². The Morgan fingerprint density at radius 3 is 2.08 bits per heavy atom. The van der Waals surface area contributed by atoms with E-state index in [0.29, 0.717) is 12.2 Å². The van der Waals surface area contributed by atoms with Crippen LogP contribution in [-0.4, -0.2) is 50.5 Å². The summed E-state index contributed by atoms with van der Waals surface area (Å²) in [5, 5.41) is 2.78. The van der Waals surface area contributed by atoms with Crippen molar-refractivity contribution in [1.29, 1.82) is 0 Å². The first kappa shape index (κ1) is 30.8. The van der Waals surface area contributed by atoms with Gasteiger partial charge < -0.3 is 10.2 Å². The summed E-state index contributed by atoms with van der Waals surface area (Å²) in [5.41, 5.74) is 2.23. The molecule has 0 aliphatic carbocycles. The molecule has 7 nitrogen and oxygen atoms in total. The van der Waals surface area contributed by atoms with Crippen LogP contribution in [0.1, 0.15) is 44.4 Å². The van der Waals surface area contributed by atoms with E-state index < -0.39 is 40.2 Å². The molecule has 1 N–H and O–H groups in total. The number of benzene rings is 3. The van der Waals surface area contributed by atoms with Gasteiger partial charge >= 0.3 is 0 Å². The van der Waals surface area contributed by atoms with E-state index in [9.17, 15) is 22.4 Å². The number of nitrogens with zero attached hydrogens (tertiary/aromatic N) is 2. The fourth-order valence-electron chi connectivity index (χ4n) is 4.40. The number of nitrogens with one attached hydrogen (secondary N) is 1. The summed E-state index contributed by atoms with van der Waals surface area (Å²) in [7, 11) is -3.88. The van der Waals surface area contributed by atoms with Crippen molar-refractivity contribution in [1.82, 2.24) is 10.2 Å². The van der Waals surface area contributed by atoms with Gasteiger partial charge in [-0.3, -0.25) is 13.9 Å². The molecule has 0 spiro atoms. The van der Waals surface area contributed by atoms with E-state index in [2.05, 4.69) is 26.1 Å². The molecule has 3 aromatic rings. The normalized spacial score (nSPS) is 12.4. The Balaban J connectivity index is 2.04. The molecule has 0 aliphatic heterocycles. The summed E-state index contributed by atoms with van der Waals surface area (Å²) >= 11 is 0. The fourth-order valence-corrected chi connectivity index (χ4v) is 5.25. The zero-order valence-electron chi connectivity index (χ0n) is 23.7. The Morgan fingerprint density at radius 1 is 0.925 bits per heavy atom. The van der Waals surface area contributed by atoms with Gasteiger partial charge in [-0.15, -0.1) is 0 Å². The number of hydrogen-bond acceptors (Lipinski definition) is 4. The van der Waals surface area contributed by atoms with Crippen molar-refractivity contribution < 1.29 is 22.4 Å². The average Bonchev–Trinajstić information content (AvgIpc) is 2.90. The van der Waals surface area contributed by atoms with Gasteiger partial charge in [-0.1, -0.05) is 81.4 Å². The molecule has 0 bridgehead atoms. The molecule has 214 valence electrons. The molecule has 0 saturated heterocycles. The minimum Gasteiger partial charge on any atom is -0.355 e. The standard InChI is InChI=1S/C31H38FN3O4S/c1-6-33-30(37)28(20-23-12-8-7-9-13-23)34(21-24-14-10-11-15-27(24)32)29(36)22-35(40(5,38)39)26-18-16-25(17-19-26)31(2,3)4/h7-19,28H,6,20-22H2,1-5H3,(H,33,37)/t28-/m1/s1. The van der Waals surface area contributed by atoms with Gasteiger partial charge in [0.25, 0.3) is 0 Å². The summed E-state index contributed by atoms with van der Waals surface area (Å²) < 4.78 is 41.6. The van der Waals surface area contributed by atoms with Crippen LogP contribution in [-0.2, 0) is 38.0 Å². The van der Waals surface area contributed by atoms with E-state index >= 15 is 0 Å². The minimum atomic E-state index is -3.88. The topological polar surface area (TPSA) is 86.8 Å². The van der Waals surface area contributed by atoms with Gasteiger partial charge in [-0.25, -0.2) is 12.8 Å². The molecule has 3 aromatic carbocycles. The highest BCUT2D eigenvalue weighted by Crippen LogP contribution is 2.26. The van der Waals surface area contributed by atoms with Gasteiger partial charge in [-0.05, 0) is 41.7 Å². The van der Waals surface area contributed by atoms with E-state index in [1.807, 2.05) is 42.5 Å². The van der Waals surface area contributed by atoms with Crippen LogP contribution in [0.4, 0.5) is 10.1 Å². The smallest absolute Gasteiger partial charge is 0.244 e. The van der Waals surface area contributed by atoms with Gasteiger partial charge in [0.15, 0.2) is 0 Å². The van der Waals surface area contributed by atoms with Crippen molar-refractivity contribution in [3.8, 4) is 0 Å². The third-order valence-electron chi connectivity index (χ3n) is 6.62. The summed E-state index contributed by atoms with van der Waals surface area (Å²) in [4.78, 5) is 28.6. The molecule has 1 atom stereocenters. The molecule has 0 heterocycles. The van der Waals surface area contributed by atoms with Crippen molar-refractivity contribution in [2.24, 2.45) is 0 Å². The number of amides is 2. The lowest BCUT2D eigenvalue weighted by Gasteiger charge is -2.33. The molecule has 0 saturated carbocycles. The molecule has 0 aromatic heterocycles. The monoisotopic (exact) mass is 567 g/mol. The maximum absolute atomic E-state index is 14.8. The Morgan fingerprint density at radius 2 is 1.52 bits per heavy atom. The predicted molar refractivity (Wildman–Crippen MR) is 157 cm³/mol. The molecular formula is C31H38FN3O4S. The number of sulfonamides is 1. The average molecular weight is 568 g/mol. The number of carbonyl (C=O) groups excluding carboxylic acids is 2. The number of carbonyl (C=O) groups is 2. The highest BCUT2D eigenvalue weighted by molar-refractivity contribution is 7.92. The summed E-state index contributed by atoms with van der Waals surface area (Å²) in [6.45, 7) is 7.50. The largest absolute Gasteiger partial charge is 0.355 e. The Kier molecular flexibility index (Phi) is 10.1. The Labute approximate surface area is 237 Å². The number of likely N-dealkylation sites (N-methyl/N-ethyl adjacent to an activating group) is 1. The van der Waals surface area contributed by atoms with Crippen molar-refractivity contribution in [3.63, 3.8) is 0 Å². The van der Waals surface area contributed by atoms with Crippen LogP contribution < -0.4 is 9.62 Å². The number of rotatable bonds is 11. The SMILES string of the molecule is CCNC(=O)[C@@H](Cc1ccccc1)N(Cc1ccccc1F)C(=O)CN(c1ccc(C(C)(C)C)cc1)S(C)(=O)=O. The molecule has 9 heteroatoms. The molecule has 0 aliphatic rings. The van der Waals surface area contributed by atoms with Gasteiger partial charge in [-0.2, -0.15) is 0 Å². The number of halogens is 1. The van der Waals surface area contributed by atoms with Crippen molar-refractivity contribution in [2.75, 3.05) is 23.7 Å². The molecule has 40 heavy (non-hydrogen) atoms. The zero-order chi connectivity index (χ0) is 29.5. The molecule has 0 radical (unpaired) electrons. The van der Waals surface area contributed by atoms with E-state index in [0.717, 1.165) is 21.7 Å². The first-order valence-corrected chi connectivity index (χ1v) is 15.1. The Bertz CT molecular complexity index is 1400.